The van der Waals surface area contributed by atoms with Crippen LogP contribution in [0.1, 0.15) is 93.0 Å². The van der Waals surface area contributed by atoms with Gasteiger partial charge >= 0.3 is 0 Å². The maximum atomic E-state index is 12.6. The maximum Gasteiger partial charge on any atom is 0.133 e. The SMILES string of the molecule is COc1cc(C)ccc1CCC(=O)CCc1nnc(CCC2CCCCC2)n1C1CC1. The molecule has 2 fully saturated rings. The number of hydrogen-bond donors (Lipinski definition) is 0. The summed E-state index contributed by atoms with van der Waals surface area (Å²) in [5.41, 5.74) is 2.28. The van der Waals surface area contributed by atoms with E-state index in [0.29, 0.717) is 25.3 Å². The predicted octanol–water partition coefficient (Wildman–Crippen LogP) is 5.58. The Morgan fingerprint density at radius 1 is 1.00 bits per heavy atom. The van der Waals surface area contributed by atoms with E-state index in [9.17, 15) is 4.79 Å². The molecule has 2 aromatic rings. The van der Waals surface area contributed by atoms with Crippen LogP contribution in [-0.4, -0.2) is 27.7 Å². The molecule has 4 rings (SSSR count). The summed E-state index contributed by atoms with van der Waals surface area (Å²) in [7, 11) is 1.69. The Morgan fingerprint density at radius 2 is 1.71 bits per heavy atom. The van der Waals surface area contributed by atoms with Crippen molar-refractivity contribution in [2.24, 2.45) is 5.92 Å². The fourth-order valence-corrected chi connectivity index (χ4v) is 4.97. The highest BCUT2D eigenvalue weighted by molar-refractivity contribution is 5.78. The molecule has 0 N–H and O–H groups in total. The summed E-state index contributed by atoms with van der Waals surface area (Å²) in [6.45, 7) is 2.05. The summed E-state index contributed by atoms with van der Waals surface area (Å²) in [6, 6.07) is 6.75. The molecule has 2 aliphatic carbocycles. The molecule has 0 radical (unpaired) electrons. The summed E-state index contributed by atoms with van der Waals surface area (Å²) < 4.78 is 7.85. The highest BCUT2D eigenvalue weighted by Crippen LogP contribution is 2.37. The summed E-state index contributed by atoms with van der Waals surface area (Å²) in [5.74, 6) is 4.20. The van der Waals surface area contributed by atoms with Gasteiger partial charge in [0.25, 0.3) is 0 Å². The minimum absolute atomic E-state index is 0.289. The number of aromatic nitrogens is 3. The third kappa shape index (κ3) is 5.96. The predicted molar refractivity (Wildman–Crippen MR) is 123 cm³/mol. The van der Waals surface area contributed by atoms with Crippen molar-refractivity contribution in [1.29, 1.82) is 0 Å². The molecular weight excluding hydrogens is 386 g/mol. The van der Waals surface area contributed by atoms with Crippen LogP contribution in [0.2, 0.25) is 0 Å². The molecule has 5 nitrogen and oxygen atoms in total. The molecule has 0 amide bonds. The van der Waals surface area contributed by atoms with Crippen molar-refractivity contribution in [3.05, 3.63) is 41.0 Å². The molecule has 1 aromatic carbocycles. The second kappa shape index (κ2) is 10.4. The van der Waals surface area contributed by atoms with Gasteiger partial charge in [-0.25, -0.2) is 0 Å². The van der Waals surface area contributed by atoms with Crippen LogP contribution >= 0.6 is 0 Å². The largest absolute Gasteiger partial charge is 0.496 e. The molecule has 1 aromatic heterocycles. The number of carbonyl (C=O) groups is 1. The number of methoxy groups -OCH3 is 1. The van der Waals surface area contributed by atoms with Crippen LogP contribution in [-0.2, 0) is 24.1 Å². The Labute approximate surface area is 186 Å². The summed E-state index contributed by atoms with van der Waals surface area (Å²) in [4.78, 5) is 12.6. The van der Waals surface area contributed by atoms with E-state index in [1.807, 2.05) is 6.07 Å². The lowest BCUT2D eigenvalue weighted by molar-refractivity contribution is -0.119. The first-order valence-electron chi connectivity index (χ1n) is 12.2. The lowest BCUT2D eigenvalue weighted by atomic mass is 9.86. The number of benzene rings is 1. The lowest BCUT2D eigenvalue weighted by Gasteiger charge is -2.21. The van der Waals surface area contributed by atoms with E-state index in [0.717, 1.165) is 41.7 Å². The normalized spacial score (nSPS) is 17.1. The fourth-order valence-electron chi connectivity index (χ4n) is 4.97. The molecule has 2 aliphatic rings. The molecule has 0 aliphatic heterocycles. The van der Waals surface area contributed by atoms with Crippen LogP contribution in [0.25, 0.3) is 0 Å². The Balaban J connectivity index is 1.30. The van der Waals surface area contributed by atoms with Crippen LogP contribution in [0, 0.1) is 12.8 Å². The van der Waals surface area contributed by atoms with Gasteiger partial charge < -0.3 is 9.30 Å². The van der Waals surface area contributed by atoms with Crippen molar-refractivity contribution in [3.8, 4) is 5.75 Å². The number of hydrogen-bond acceptors (Lipinski definition) is 4. The highest BCUT2D eigenvalue weighted by atomic mass is 16.5. The van der Waals surface area contributed by atoms with Crippen molar-refractivity contribution in [2.45, 2.75) is 96.4 Å². The number of nitrogens with zero attached hydrogens (tertiary/aromatic N) is 3. The summed E-state index contributed by atoms with van der Waals surface area (Å²) in [5, 5.41) is 9.06. The third-order valence-corrected chi connectivity index (χ3v) is 6.99. The fraction of sp³-hybridized carbons (Fsp3) is 0.654. The van der Waals surface area contributed by atoms with Crippen molar-refractivity contribution in [1.82, 2.24) is 14.8 Å². The molecule has 2 saturated carbocycles. The lowest BCUT2D eigenvalue weighted by Crippen LogP contribution is -2.12. The van der Waals surface area contributed by atoms with Crippen molar-refractivity contribution in [3.63, 3.8) is 0 Å². The van der Waals surface area contributed by atoms with E-state index in [1.165, 1.54) is 56.9 Å². The van der Waals surface area contributed by atoms with Gasteiger partial charge in [0, 0.05) is 31.7 Å². The van der Waals surface area contributed by atoms with Gasteiger partial charge in [0.05, 0.1) is 7.11 Å². The molecule has 5 heteroatoms. The van der Waals surface area contributed by atoms with E-state index in [1.54, 1.807) is 7.11 Å². The van der Waals surface area contributed by atoms with E-state index in [2.05, 4.69) is 33.8 Å². The van der Waals surface area contributed by atoms with Gasteiger partial charge in [-0.2, -0.15) is 0 Å². The van der Waals surface area contributed by atoms with Crippen LogP contribution in [0.3, 0.4) is 0 Å². The third-order valence-electron chi connectivity index (χ3n) is 6.99. The Kier molecular flexibility index (Phi) is 7.41. The molecule has 0 saturated heterocycles. The second-order valence-corrected chi connectivity index (χ2v) is 9.53. The highest BCUT2D eigenvalue weighted by Gasteiger charge is 2.29. The minimum atomic E-state index is 0.289. The van der Waals surface area contributed by atoms with Gasteiger partial charge in [-0.1, -0.05) is 44.2 Å². The van der Waals surface area contributed by atoms with Crippen LogP contribution in [0.4, 0.5) is 0 Å². The van der Waals surface area contributed by atoms with Gasteiger partial charge in [-0.05, 0) is 55.7 Å². The van der Waals surface area contributed by atoms with Crippen LogP contribution in [0.5, 0.6) is 5.75 Å². The van der Waals surface area contributed by atoms with E-state index in [-0.39, 0.29) is 5.78 Å². The molecular formula is C26H37N3O2. The molecule has 0 atom stereocenters. The summed E-state index contributed by atoms with van der Waals surface area (Å²) >= 11 is 0. The molecule has 0 bridgehead atoms. The molecule has 0 unspecified atom stereocenters. The Hall–Kier alpha value is -2.17. The molecule has 168 valence electrons. The van der Waals surface area contributed by atoms with E-state index < -0.39 is 0 Å². The number of ketones is 1. The van der Waals surface area contributed by atoms with Gasteiger partial charge in [-0.15, -0.1) is 10.2 Å². The average Bonchev–Trinajstić information content (AvgIpc) is 3.55. The first-order chi connectivity index (χ1) is 15.1. The van der Waals surface area contributed by atoms with Crippen molar-refractivity contribution < 1.29 is 9.53 Å². The zero-order valence-corrected chi connectivity index (χ0v) is 19.2. The number of rotatable bonds is 11. The van der Waals surface area contributed by atoms with E-state index in [4.69, 9.17) is 4.74 Å². The monoisotopic (exact) mass is 423 g/mol. The van der Waals surface area contributed by atoms with E-state index >= 15 is 0 Å². The second-order valence-electron chi connectivity index (χ2n) is 9.53. The smallest absolute Gasteiger partial charge is 0.133 e. The molecule has 1 heterocycles. The zero-order chi connectivity index (χ0) is 21.6. The molecule has 31 heavy (non-hydrogen) atoms. The maximum absolute atomic E-state index is 12.6. The number of Topliss-reactive ketones (excluding diaryl/α,β-unsaturated/α-hetero) is 1. The number of ether oxygens (including phenoxy) is 1. The quantitative estimate of drug-likeness (QED) is 0.473. The number of aryl methyl sites for hydroxylation is 4. The first-order valence-corrected chi connectivity index (χ1v) is 12.2. The minimum Gasteiger partial charge on any atom is -0.496 e. The van der Waals surface area contributed by atoms with Gasteiger partial charge in [0.15, 0.2) is 0 Å². The molecule has 0 spiro atoms. The van der Waals surface area contributed by atoms with Crippen LogP contribution in [0.15, 0.2) is 18.2 Å². The van der Waals surface area contributed by atoms with Crippen molar-refractivity contribution in [2.75, 3.05) is 7.11 Å². The van der Waals surface area contributed by atoms with Gasteiger partial charge in [0.1, 0.15) is 23.2 Å². The topological polar surface area (TPSA) is 57.0 Å². The van der Waals surface area contributed by atoms with Gasteiger partial charge in [0.2, 0.25) is 0 Å². The van der Waals surface area contributed by atoms with Crippen LogP contribution < -0.4 is 4.74 Å². The zero-order valence-electron chi connectivity index (χ0n) is 19.2. The standard InChI is InChI=1S/C26H37N3O2/c1-19-8-10-21(24(18-19)31-2)11-14-23(30)15-17-26-28-27-25(29(26)22-12-13-22)16-9-20-6-4-3-5-7-20/h8,10,18,20,22H,3-7,9,11-17H2,1-2H3. The average molecular weight is 424 g/mol. The Bertz CT molecular complexity index is 879. The van der Waals surface area contributed by atoms with Crippen molar-refractivity contribution >= 4 is 5.78 Å². The summed E-state index contributed by atoms with van der Waals surface area (Å²) in [6.07, 6.45) is 14.2. The number of carbonyl (C=O) groups excluding carboxylic acids is 1. The first kappa shape index (κ1) is 22.0. The Morgan fingerprint density at radius 3 is 2.42 bits per heavy atom. The van der Waals surface area contributed by atoms with Gasteiger partial charge in [-0.3, -0.25) is 4.79 Å².